The fourth-order valence-electron chi connectivity index (χ4n) is 4.35. The van der Waals surface area contributed by atoms with E-state index >= 15 is 0 Å². The minimum Gasteiger partial charge on any atom is -0.504 e. The molecule has 7 nitrogen and oxygen atoms in total. The van der Waals surface area contributed by atoms with Crippen LogP contribution in [0.25, 0.3) is 5.70 Å². The Hall–Kier alpha value is -3.36. The summed E-state index contributed by atoms with van der Waals surface area (Å²) in [5.74, 6) is 2.84. The topological polar surface area (TPSA) is 85.8 Å². The predicted octanol–water partition coefficient (Wildman–Crippen LogP) is 4.24. The van der Waals surface area contributed by atoms with Gasteiger partial charge in [0.2, 0.25) is 6.79 Å². The quantitative estimate of drug-likeness (QED) is 0.446. The lowest BCUT2D eigenvalue weighted by Crippen LogP contribution is -2.89. The van der Waals surface area contributed by atoms with Gasteiger partial charge in [0.15, 0.2) is 29.2 Å². The molecule has 3 aromatic rings. The number of para-hydroxylation sites is 1. The number of methoxy groups -OCH3 is 1. The summed E-state index contributed by atoms with van der Waals surface area (Å²) in [5.41, 5.74) is 3.62. The van der Waals surface area contributed by atoms with Gasteiger partial charge in [-0.3, -0.25) is 0 Å². The number of hydrogen-bond donors (Lipinski definition) is 3. The van der Waals surface area contributed by atoms with Crippen molar-refractivity contribution in [1.82, 2.24) is 5.32 Å². The number of nitrogens with one attached hydrogen (secondary N) is 1. The van der Waals surface area contributed by atoms with E-state index in [9.17, 15) is 5.11 Å². The molecule has 176 valence electrons. The molecular formula is C26H26BrN2O5+. The number of phenols is 1. The molecule has 2 atom stereocenters. The van der Waals surface area contributed by atoms with Gasteiger partial charge in [0.25, 0.3) is 0 Å². The number of benzene rings is 3. The molecule has 2 aliphatic heterocycles. The van der Waals surface area contributed by atoms with Crippen molar-refractivity contribution < 1.29 is 29.4 Å². The first-order valence-electron chi connectivity index (χ1n) is 11.1. The standard InChI is InChI=1S/C26H25BrN2O5/c1-3-32-23-6-4-5-17(25(23)30)20-13-19(15-7-9-22-24(11-15)34-14-33-22)28-26(29-20)18-12-16(27)8-10-21(18)31-2/h4-13,20,26,28-30H,3,14H2,1-2H3/p+1. The second-order valence-corrected chi connectivity index (χ2v) is 8.92. The molecular weight excluding hydrogens is 500 g/mol. The van der Waals surface area contributed by atoms with Gasteiger partial charge in [0.1, 0.15) is 11.8 Å². The van der Waals surface area contributed by atoms with Crippen molar-refractivity contribution in [2.24, 2.45) is 0 Å². The summed E-state index contributed by atoms with van der Waals surface area (Å²) < 4.78 is 23.3. The number of phenolic OH excluding ortho intramolecular Hbond substituents is 1. The zero-order valence-electron chi connectivity index (χ0n) is 18.9. The van der Waals surface area contributed by atoms with E-state index in [0.29, 0.717) is 18.1 Å². The Bertz CT molecular complexity index is 1250. The Morgan fingerprint density at radius 1 is 1.06 bits per heavy atom. The van der Waals surface area contributed by atoms with Gasteiger partial charge in [-0.05, 0) is 55.5 Å². The van der Waals surface area contributed by atoms with Crippen LogP contribution in [0.5, 0.6) is 28.7 Å². The Kier molecular flexibility index (Phi) is 6.26. The molecule has 5 rings (SSSR count). The third-order valence-electron chi connectivity index (χ3n) is 5.96. The molecule has 0 bridgehead atoms. The van der Waals surface area contributed by atoms with E-state index in [-0.39, 0.29) is 24.8 Å². The highest BCUT2D eigenvalue weighted by atomic mass is 79.9. The summed E-state index contributed by atoms with van der Waals surface area (Å²) >= 11 is 3.59. The van der Waals surface area contributed by atoms with Gasteiger partial charge in [0, 0.05) is 21.8 Å². The average Bonchev–Trinajstić information content (AvgIpc) is 3.33. The highest BCUT2D eigenvalue weighted by molar-refractivity contribution is 9.10. The Balaban J connectivity index is 1.60. The number of hydrogen-bond acceptors (Lipinski definition) is 6. The monoisotopic (exact) mass is 525 g/mol. The zero-order valence-corrected chi connectivity index (χ0v) is 20.5. The summed E-state index contributed by atoms with van der Waals surface area (Å²) in [7, 11) is 1.67. The van der Waals surface area contributed by atoms with Crippen molar-refractivity contribution in [1.29, 1.82) is 0 Å². The maximum absolute atomic E-state index is 11.0. The molecule has 0 saturated carbocycles. The van der Waals surface area contributed by atoms with Gasteiger partial charge >= 0.3 is 0 Å². The SMILES string of the molecule is CCOc1cccc(C2C=C(c3ccc4c(c3)OCO4)NC(c3cc(Br)ccc3OC)[NH2+]2)c1O. The fourth-order valence-corrected chi connectivity index (χ4v) is 4.73. The Morgan fingerprint density at radius 3 is 2.74 bits per heavy atom. The van der Waals surface area contributed by atoms with Crippen molar-refractivity contribution >= 4 is 21.6 Å². The van der Waals surface area contributed by atoms with Crippen LogP contribution >= 0.6 is 15.9 Å². The number of nitrogens with two attached hydrogens (primary N) is 1. The van der Waals surface area contributed by atoms with E-state index in [0.717, 1.165) is 38.4 Å². The number of fused-ring (bicyclic) bond motifs is 1. The van der Waals surface area contributed by atoms with Crippen LogP contribution in [0.2, 0.25) is 0 Å². The first kappa shape index (κ1) is 22.4. The Morgan fingerprint density at radius 2 is 1.91 bits per heavy atom. The van der Waals surface area contributed by atoms with Crippen LogP contribution in [0.4, 0.5) is 0 Å². The lowest BCUT2D eigenvalue weighted by atomic mass is 9.97. The molecule has 3 aromatic carbocycles. The predicted molar refractivity (Wildman–Crippen MR) is 131 cm³/mol. The van der Waals surface area contributed by atoms with E-state index in [1.807, 2.05) is 55.5 Å². The molecule has 0 aromatic heterocycles. The van der Waals surface area contributed by atoms with Crippen LogP contribution < -0.4 is 29.6 Å². The maximum atomic E-state index is 11.0. The first-order chi connectivity index (χ1) is 16.6. The molecule has 4 N–H and O–H groups in total. The largest absolute Gasteiger partial charge is 0.504 e. The van der Waals surface area contributed by atoms with Crippen LogP contribution in [0.1, 0.15) is 35.8 Å². The molecule has 0 aliphatic carbocycles. The van der Waals surface area contributed by atoms with Crippen LogP contribution in [0, 0.1) is 0 Å². The zero-order chi connectivity index (χ0) is 23.7. The smallest absolute Gasteiger partial charge is 0.231 e. The Labute approximate surface area is 206 Å². The first-order valence-corrected chi connectivity index (χ1v) is 11.9. The van der Waals surface area contributed by atoms with Gasteiger partial charge in [-0.2, -0.15) is 0 Å². The lowest BCUT2D eigenvalue weighted by molar-refractivity contribution is -0.731. The molecule has 0 amide bonds. The summed E-state index contributed by atoms with van der Waals surface area (Å²) in [5, 5.41) is 16.8. The van der Waals surface area contributed by atoms with Crippen molar-refractivity contribution in [3.63, 3.8) is 0 Å². The maximum Gasteiger partial charge on any atom is 0.231 e. The van der Waals surface area contributed by atoms with Gasteiger partial charge in [-0.1, -0.05) is 22.0 Å². The third kappa shape index (κ3) is 4.26. The molecule has 34 heavy (non-hydrogen) atoms. The fraction of sp³-hybridized carbons (Fsp3) is 0.231. The highest BCUT2D eigenvalue weighted by Gasteiger charge is 2.32. The van der Waals surface area contributed by atoms with Crippen molar-refractivity contribution in [2.45, 2.75) is 19.1 Å². The van der Waals surface area contributed by atoms with Crippen molar-refractivity contribution in [3.8, 4) is 28.7 Å². The second kappa shape index (κ2) is 9.48. The minimum absolute atomic E-state index is 0.147. The minimum atomic E-state index is -0.184. The number of ether oxygens (including phenoxy) is 4. The average molecular weight is 526 g/mol. The van der Waals surface area contributed by atoms with Crippen LogP contribution in [-0.4, -0.2) is 25.6 Å². The van der Waals surface area contributed by atoms with Crippen molar-refractivity contribution in [2.75, 3.05) is 20.5 Å². The van der Waals surface area contributed by atoms with E-state index in [4.69, 9.17) is 18.9 Å². The summed E-state index contributed by atoms with van der Waals surface area (Å²) in [4.78, 5) is 0. The molecule has 0 saturated heterocycles. The van der Waals surface area contributed by atoms with Gasteiger partial charge in [-0.25, -0.2) is 0 Å². The molecule has 8 heteroatoms. The lowest BCUT2D eigenvalue weighted by Gasteiger charge is -2.31. The van der Waals surface area contributed by atoms with E-state index in [1.165, 1.54) is 0 Å². The molecule has 2 unspecified atom stereocenters. The van der Waals surface area contributed by atoms with Crippen LogP contribution in [0.15, 0.2) is 65.1 Å². The van der Waals surface area contributed by atoms with Crippen LogP contribution in [0.3, 0.4) is 0 Å². The van der Waals surface area contributed by atoms with Gasteiger partial charge < -0.3 is 34.7 Å². The van der Waals surface area contributed by atoms with E-state index < -0.39 is 0 Å². The molecule has 2 aliphatic rings. The number of quaternary nitrogens is 1. The number of aromatic hydroxyl groups is 1. The summed E-state index contributed by atoms with van der Waals surface area (Å²) in [6.07, 6.45) is 1.92. The number of rotatable bonds is 6. The van der Waals surface area contributed by atoms with Gasteiger partial charge in [-0.15, -0.1) is 0 Å². The molecule has 2 heterocycles. The summed E-state index contributed by atoms with van der Waals surface area (Å²) in [6, 6.07) is 17.2. The highest BCUT2D eigenvalue weighted by Crippen LogP contribution is 2.38. The van der Waals surface area contributed by atoms with Gasteiger partial charge in [0.05, 0.1) is 24.8 Å². The third-order valence-corrected chi connectivity index (χ3v) is 6.45. The summed E-state index contributed by atoms with van der Waals surface area (Å²) in [6.45, 7) is 2.59. The number of halogens is 1. The molecule has 0 fully saturated rings. The normalized spacial score (nSPS) is 18.7. The van der Waals surface area contributed by atoms with Crippen LogP contribution in [-0.2, 0) is 0 Å². The molecule has 0 spiro atoms. The van der Waals surface area contributed by atoms with E-state index in [1.54, 1.807) is 13.2 Å². The van der Waals surface area contributed by atoms with E-state index in [2.05, 4.69) is 32.6 Å². The molecule has 0 radical (unpaired) electrons. The van der Waals surface area contributed by atoms with Crippen molar-refractivity contribution in [3.05, 3.63) is 81.8 Å². The second-order valence-electron chi connectivity index (χ2n) is 8.00.